The second-order valence-electron chi connectivity index (χ2n) is 6.82. The maximum absolute atomic E-state index is 11.9. The number of ketones is 1. The first-order chi connectivity index (χ1) is 11.1. The van der Waals surface area contributed by atoms with E-state index in [0.717, 1.165) is 0 Å². The summed E-state index contributed by atoms with van der Waals surface area (Å²) in [5, 5.41) is 12.0. The lowest BCUT2D eigenvalue weighted by Gasteiger charge is -2.36. The Kier molecular flexibility index (Phi) is 4.55. The molecule has 0 aromatic heterocycles. The molecule has 0 atom stereocenters. The van der Waals surface area contributed by atoms with Crippen molar-refractivity contribution in [2.75, 3.05) is 12.4 Å². The third-order valence-corrected chi connectivity index (χ3v) is 3.80. The van der Waals surface area contributed by atoms with Gasteiger partial charge < -0.3 is 14.6 Å². The molecule has 0 spiro atoms. The Morgan fingerprint density at radius 3 is 2.33 bits per heavy atom. The molecule has 1 aliphatic carbocycles. The normalized spacial score (nSPS) is 16.1. The number of carbonyl (C=O) groups is 3. The molecule has 1 aliphatic rings. The zero-order valence-electron chi connectivity index (χ0n) is 14.1. The number of amides is 1. The number of ether oxygens (including phenoxy) is 2. The molecule has 1 fully saturated rings. The minimum absolute atomic E-state index is 0.0374. The number of carbonyl (C=O) groups excluding carboxylic acids is 2. The second kappa shape index (κ2) is 6.14. The first-order valence-corrected chi connectivity index (χ1v) is 7.51. The summed E-state index contributed by atoms with van der Waals surface area (Å²) in [4.78, 5) is 34.8. The highest BCUT2D eigenvalue weighted by Crippen LogP contribution is 2.43. The highest BCUT2D eigenvalue weighted by molar-refractivity contribution is 6.01. The monoisotopic (exact) mass is 335 g/mol. The Bertz CT molecular complexity index is 681. The van der Waals surface area contributed by atoms with E-state index < -0.39 is 23.1 Å². The van der Waals surface area contributed by atoms with E-state index in [1.165, 1.54) is 13.2 Å². The van der Waals surface area contributed by atoms with E-state index >= 15 is 0 Å². The van der Waals surface area contributed by atoms with Crippen molar-refractivity contribution in [2.24, 2.45) is 0 Å². The van der Waals surface area contributed by atoms with Crippen molar-refractivity contribution in [2.45, 2.75) is 44.6 Å². The van der Waals surface area contributed by atoms with Gasteiger partial charge in [-0.1, -0.05) is 6.07 Å². The molecule has 1 saturated carbocycles. The van der Waals surface area contributed by atoms with Crippen LogP contribution < -0.4 is 10.1 Å². The zero-order valence-corrected chi connectivity index (χ0v) is 14.1. The Morgan fingerprint density at radius 1 is 1.25 bits per heavy atom. The number of nitrogens with one attached hydrogen (secondary N) is 1. The van der Waals surface area contributed by atoms with Crippen LogP contribution in [0.15, 0.2) is 18.2 Å². The van der Waals surface area contributed by atoms with Gasteiger partial charge in [0.25, 0.3) is 0 Å². The fraction of sp³-hybridized carbons (Fsp3) is 0.471. The Hall–Kier alpha value is -2.57. The number of methoxy groups -OCH3 is 1. The van der Waals surface area contributed by atoms with Gasteiger partial charge in [-0.05, 0) is 38.5 Å². The quantitative estimate of drug-likeness (QED) is 0.877. The van der Waals surface area contributed by atoms with Crippen molar-refractivity contribution in [1.29, 1.82) is 0 Å². The summed E-state index contributed by atoms with van der Waals surface area (Å²) in [5.74, 6) is -0.831. The molecule has 7 heteroatoms. The number of carboxylic acids is 1. The van der Waals surface area contributed by atoms with Crippen molar-refractivity contribution in [1.82, 2.24) is 0 Å². The predicted molar refractivity (Wildman–Crippen MR) is 86.4 cm³/mol. The van der Waals surface area contributed by atoms with Crippen molar-refractivity contribution in [3.8, 4) is 5.75 Å². The molecule has 0 unspecified atom stereocenters. The van der Waals surface area contributed by atoms with Gasteiger partial charge in [0.2, 0.25) is 0 Å². The molecule has 2 N–H and O–H groups in total. The maximum atomic E-state index is 11.9. The van der Waals surface area contributed by atoms with Gasteiger partial charge in [0.1, 0.15) is 22.5 Å². The van der Waals surface area contributed by atoms with E-state index in [4.69, 9.17) is 9.47 Å². The van der Waals surface area contributed by atoms with Gasteiger partial charge >= 0.3 is 12.1 Å². The molecule has 1 aromatic carbocycles. The lowest BCUT2D eigenvalue weighted by Crippen LogP contribution is -2.48. The predicted octanol–water partition coefficient (Wildman–Crippen LogP) is 2.73. The van der Waals surface area contributed by atoms with Crippen molar-refractivity contribution in [3.05, 3.63) is 23.8 Å². The molecule has 24 heavy (non-hydrogen) atoms. The third-order valence-electron chi connectivity index (χ3n) is 3.80. The van der Waals surface area contributed by atoms with Crippen LogP contribution in [0.5, 0.6) is 5.75 Å². The fourth-order valence-electron chi connectivity index (χ4n) is 2.61. The van der Waals surface area contributed by atoms with E-state index in [0.29, 0.717) is 17.0 Å². The van der Waals surface area contributed by atoms with Crippen LogP contribution in [0, 0.1) is 0 Å². The van der Waals surface area contributed by atoms with Crippen LogP contribution in [-0.4, -0.2) is 35.7 Å². The molecule has 130 valence electrons. The SMILES string of the molecule is COc1cc(C2(C(=O)O)CC(=O)C2)ccc1NC(=O)OC(C)(C)C. The average molecular weight is 335 g/mol. The van der Waals surface area contributed by atoms with Crippen molar-refractivity contribution >= 4 is 23.5 Å². The van der Waals surface area contributed by atoms with Crippen LogP contribution in [0.4, 0.5) is 10.5 Å². The van der Waals surface area contributed by atoms with E-state index in [-0.39, 0.29) is 18.6 Å². The fourth-order valence-corrected chi connectivity index (χ4v) is 2.61. The average Bonchev–Trinajstić information content (AvgIpc) is 2.41. The standard InChI is InChI=1S/C17H21NO6/c1-16(2,3)24-15(22)18-12-6-5-10(7-13(12)23-4)17(14(20)21)8-11(19)9-17/h5-7H,8-9H2,1-4H3,(H,18,22)(H,20,21). The molecule has 0 aliphatic heterocycles. The van der Waals surface area contributed by atoms with E-state index in [1.807, 2.05) is 0 Å². The minimum Gasteiger partial charge on any atom is -0.495 e. The Morgan fingerprint density at radius 2 is 1.88 bits per heavy atom. The van der Waals surface area contributed by atoms with Gasteiger partial charge in [-0.15, -0.1) is 0 Å². The van der Waals surface area contributed by atoms with Crippen molar-refractivity contribution in [3.63, 3.8) is 0 Å². The number of hydrogen-bond acceptors (Lipinski definition) is 5. The van der Waals surface area contributed by atoms with Crippen LogP contribution >= 0.6 is 0 Å². The molecule has 0 heterocycles. The maximum Gasteiger partial charge on any atom is 0.412 e. The summed E-state index contributed by atoms with van der Waals surface area (Å²) < 4.78 is 10.4. The number of Topliss-reactive ketones (excluding diaryl/α,β-unsaturated/α-hetero) is 1. The molecule has 0 saturated heterocycles. The Labute approximate surface area is 139 Å². The molecule has 0 radical (unpaired) electrons. The smallest absolute Gasteiger partial charge is 0.412 e. The first-order valence-electron chi connectivity index (χ1n) is 7.51. The van der Waals surface area contributed by atoms with Gasteiger partial charge in [0.05, 0.1) is 12.8 Å². The first kappa shape index (κ1) is 17.8. The number of carboxylic acid groups (broad SMARTS) is 1. The Balaban J connectivity index is 2.26. The molecule has 2 rings (SSSR count). The van der Waals surface area contributed by atoms with E-state index in [1.54, 1.807) is 32.9 Å². The van der Waals surface area contributed by atoms with Crippen molar-refractivity contribution < 1.29 is 29.0 Å². The summed E-state index contributed by atoms with van der Waals surface area (Å²) in [7, 11) is 1.42. The molecule has 1 aromatic rings. The van der Waals surface area contributed by atoms with Crippen LogP contribution in [0.1, 0.15) is 39.2 Å². The molecular weight excluding hydrogens is 314 g/mol. The number of rotatable bonds is 4. The van der Waals surface area contributed by atoms with E-state index in [9.17, 15) is 19.5 Å². The second-order valence-corrected chi connectivity index (χ2v) is 6.82. The highest BCUT2D eigenvalue weighted by atomic mass is 16.6. The summed E-state index contributed by atoms with van der Waals surface area (Å²) in [5.41, 5.74) is -1.02. The lowest BCUT2D eigenvalue weighted by atomic mass is 9.63. The number of aliphatic carboxylic acids is 1. The molecule has 7 nitrogen and oxygen atoms in total. The van der Waals surface area contributed by atoms with Crippen LogP contribution in [0.25, 0.3) is 0 Å². The third kappa shape index (κ3) is 3.50. The van der Waals surface area contributed by atoms with Gasteiger partial charge in [0, 0.05) is 12.8 Å². The lowest BCUT2D eigenvalue weighted by molar-refractivity contribution is -0.153. The molecular formula is C17H21NO6. The van der Waals surface area contributed by atoms with Gasteiger partial charge in [0.15, 0.2) is 0 Å². The number of anilines is 1. The van der Waals surface area contributed by atoms with Crippen LogP contribution in [0.2, 0.25) is 0 Å². The number of benzene rings is 1. The molecule has 0 bridgehead atoms. The summed E-state index contributed by atoms with van der Waals surface area (Å²) in [6.07, 6.45) is -0.713. The van der Waals surface area contributed by atoms with Gasteiger partial charge in [-0.2, -0.15) is 0 Å². The van der Waals surface area contributed by atoms with E-state index in [2.05, 4.69) is 5.32 Å². The minimum atomic E-state index is -1.21. The highest BCUT2D eigenvalue weighted by Gasteiger charge is 2.51. The topological polar surface area (TPSA) is 102 Å². The van der Waals surface area contributed by atoms with Crippen LogP contribution in [0.3, 0.4) is 0 Å². The number of hydrogen-bond donors (Lipinski definition) is 2. The van der Waals surface area contributed by atoms with Crippen LogP contribution in [-0.2, 0) is 19.7 Å². The van der Waals surface area contributed by atoms with Gasteiger partial charge in [-0.25, -0.2) is 4.79 Å². The largest absolute Gasteiger partial charge is 0.495 e. The summed E-state index contributed by atoms with van der Waals surface area (Å²) >= 11 is 0. The zero-order chi connectivity index (χ0) is 18.1. The molecule has 1 amide bonds. The summed E-state index contributed by atoms with van der Waals surface area (Å²) in [6, 6.07) is 4.66. The summed E-state index contributed by atoms with van der Waals surface area (Å²) in [6.45, 7) is 5.24. The van der Waals surface area contributed by atoms with Gasteiger partial charge in [-0.3, -0.25) is 14.9 Å².